The van der Waals surface area contributed by atoms with Gasteiger partial charge in [-0.15, -0.1) is 0 Å². The van der Waals surface area contributed by atoms with Crippen LogP contribution in [-0.2, 0) is 4.74 Å². The van der Waals surface area contributed by atoms with Crippen LogP contribution in [0, 0.1) is 0 Å². The summed E-state index contributed by atoms with van der Waals surface area (Å²) in [5.74, 6) is -1.72. The molecule has 9 heteroatoms. The molecule has 0 bridgehead atoms. The van der Waals surface area contributed by atoms with Gasteiger partial charge in [0.25, 0.3) is 36.8 Å². The lowest BCUT2D eigenvalue weighted by Crippen LogP contribution is -2.31. The fourth-order valence-electron chi connectivity index (χ4n) is 1.85. The first-order valence-corrected chi connectivity index (χ1v) is 7.66. The van der Waals surface area contributed by atoms with E-state index in [1.165, 1.54) is 48.5 Å². The van der Waals surface area contributed by atoms with Crippen LogP contribution in [-0.4, -0.2) is 36.8 Å². The molecule has 0 aliphatic rings. The predicted octanol–water partition coefficient (Wildman–Crippen LogP) is 2.06. The highest BCUT2D eigenvalue weighted by Crippen LogP contribution is 2.02. The highest BCUT2D eigenvalue weighted by atomic mass is 35.5. The van der Waals surface area contributed by atoms with Crippen molar-refractivity contribution in [2.75, 3.05) is 0 Å². The molecular weight excluding hydrogens is 365 g/mol. The van der Waals surface area contributed by atoms with Crippen LogP contribution in [0.4, 0.5) is 9.59 Å². The molecule has 0 saturated carbocycles. The Hall–Kier alpha value is -2.37. The second kappa shape index (κ2) is 8.65. The van der Waals surface area contributed by atoms with Crippen LogP contribution in [0.3, 0.4) is 0 Å². The Morgan fingerprint density at radius 2 is 0.960 bits per heavy atom. The van der Waals surface area contributed by atoms with E-state index in [0.29, 0.717) is 10.9 Å². The van der Waals surface area contributed by atoms with Crippen molar-refractivity contribution in [2.45, 2.75) is 0 Å². The number of halogens is 2. The number of hydrogen-bond donors (Lipinski definition) is 0. The van der Waals surface area contributed by atoms with Gasteiger partial charge in [-0.3, -0.25) is 19.2 Å². The van der Waals surface area contributed by atoms with Crippen LogP contribution in [0.15, 0.2) is 48.5 Å². The molecule has 2 rings (SSSR count). The maximum absolute atomic E-state index is 11.7. The molecule has 0 amide bonds. The van der Waals surface area contributed by atoms with Gasteiger partial charge in [-0.1, -0.05) is 59.5 Å². The smallest absolute Gasteiger partial charge is 0.300 e. The van der Waals surface area contributed by atoms with E-state index in [1.54, 1.807) is 0 Å². The molecule has 5 nitrogen and oxygen atoms in total. The lowest BCUT2D eigenvalue weighted by atomic mass is 9.68. The summed E-state index contributed by atoms with van der Waals surface area (Å²) in [5.41, 5.74) is 1.47. The molecule has 0 saturated heterocycles. The Morgan fingerprint density at radius 1 is 0.640 bits per heavy atom. The maximum Gasteiger partial charge on any atom is 0.300 e. The minimum atomic E-state index is -0.862. The van der Waals surface area contributed by atoms with E-state index in [9.17, 15) is 19.2 Å². The lowest BCUT2D eigenvalue weighted by Gasteiger charge is -2.03. The maximum atomic E-state index is 11.7. The largest absolute Gasteiger partial charge is 0.411 e. The first-order valence-electron chi connectivity index (χ1n) is 6.90. The van der Waals surface area contributed by atoms with Gasteiger partial charge in [0, 0.05) is 11.1 Å². The van der Waals surface area contributed by atoms with Crippen LogP contribution < -0.4 is 10.9 Å². The molecular formula is C16H8B2Cl2O5. The average molecular weight is 373 g/mol. The van der Waals surface area contributed by atoms with Crippen LogP contribution in [0.25, 0.3) is 0 Å². The fourth-order valence-corrected chi connectivity index (χ4v) is 2.10. The Bertz CT molecular complexity index is 750. The van der Waals surface area contributed by atoms with Gasteiger partial charge in [0.1, 0.15) is 0 Å². The van der Waals surface area contributed by atoms with Gasteiger partial charge in [0.05, 0.1) is 0 Å². The zero-order valence-corrected chi connectivity index (χ0v) is 14.1. The lowest BCUT2D eigenvalue weighted by molar-refractivity contribution is 0.107. The number of rotatable bonds is 6. The first-order chi connectivity index (χ1) is 11.8. The summed E-state index contributed by atoms with van der Waals surface area (Å²) < 4.78 is 4.64. The van der Waals surface area contributed by atoms with Crippen molar-refractivity contribution in [1.29, 1.82) is 0 Å². The zero-order valence-electron chi connectivity index (χ0n) is 12.6. The number of ether oxygens (including phenoxy) is 1. The zero-order chi connectivity index (χ0) is 18.4. The van der Waals surface area contributed by atoms with Gasteiger partial charge in [0.2, 0.25) is 0 Å². The summed E-state index contributed by atoms with van der Waals surface area (Å²) >= 11 is 10.6. The predicted molar refractivity (Wildman–Crippen MR) is 95.9 cm³/mol. The van der Waals surface area contributed by atoms with Gasteiger partial charge < -0.3 is 4.74 Å². The van der Waals surface area contributed by atoms with Crippen molar-refractivity contribution in [3.05, 3.63) is 59.7 Å². The van der Waals surface area contributed by atoms with Crippen LogP contribution in [0.1, 0.15) is 20.7 Å². The van der Waals surface area contributed by atoms with E-state index in [-0.39, 0.29) is 11.1 Å². The van der Waals surface area contributed by atoms with Crippen LogP contribution in [0.5, 0.6) is 0 Å². The summed E-state index contributed by atoms with van der Waals surface area (Å²) in [6, 6.07) is 11.8. The summed E-state index contributed by atoms with van der Waals surface area (Å²) in [6.07, 6.45) is 0. The normalized spacial score (nSPS) is 9.84. The summed E-state index contributed by atoms with van der Waals surface area (Å²) in [7, 11) is 2.20. The van der Waals surface area contributed by atoms with E-state index in [0.717, 1.165) is 14.6 Å². The molecule has 2 radical (unpaired) electrons. The molecule has 0 aromatic heterocycles. The van der Waals surface area contributed by atoms with Crippen molar-refractivity contribution in [3.8, 4) is 0 Å². The fraction of sp³-hybridized carbons (Fsp3) is 0. The van der Waals surface area contributed by atoms with Gasteiger partial charge in [-0.2, -0.15) is 0 Å². The summed E-state index contributed by atoms with van der Waals surface area (Å²) in [6.45, 7) is 0. The second-order valence-electron chi connectivity index (χ2n) is 4.82. The monoisotopic (exact) mass is 372 g/mol. The number of hydrogen-bond acceptors (Lipinski definition) is 5. The molecule has 0 spiro atoms. The van der Waals surface area contributed by atoms with E-state index < -0.39 is 22.2 Å². The SMILES string of the molecule is O=C([B]c1ccc(C(=O)Cl)cc1)OC(=O)[B]c1ccc(C(=O)Cl)cc1. The van der Waals surface area contributed by atoms with Gasteiger partial charge in [0.15, 0.2) is 0 Å². The minimum absolute atomic E-state index is 0.287. The highest BCUT2D eigenvalue weighted by Gasteiger charge is 2.15. The molecule has 122 valence electrons. The first kappa shape index (κ1) is 19.0. The van der Waals surface area contributed by atoms with Gasteiger partial charge in [-0.05, 0) is 23.2 Å². The number of benzene rings is 2. The average Bonchev–Trinajstić information content (AvgIpc) is 2.55. The molecule has 0 heterocycles. The van der Waals surface area contributed by atoms with Crippen LogP contribution in [0.2, 0.25) is 0 Å². The molecule has 0 aliphatic carbocycles. The number of carbonyl (C=O) groups is 4. The van der Waals surface area contributed by atoms with Crippen molar-refractivity contribution in [2.24, 2.45) is 0 Å². The molecule has 25 heavy (non-hydrogen) atoms. The molecule has 0 N–H and O–H groups in total. The van der Waals surface area contributed by atoms with Crippen molar-refractivity contribution >= 4 is 70.9 Å². The van der Waals surface area contributed by atoms with Gasteiger partial charge in [-0.25, -0.2) is 0 Å². The third kappa shape index (κ3) is 5.89. The van der Waals surface area contributed by atoms with Crippen LogP contribution >= 0.6 is 23.2 Å². The Balaban J connectivity index is 1.88. The van der Waals surface area contributed by atoms with E-state index in [1.807, 2.05) is 0 Å². The highest BCUT2D eigenvalue weighted by molar-refractivity contribution is 6.87. The van der Waals surface area contributed by atoms with Gasteiger partial charge >= 0.3 is 0 Å². The molecule has 0 unspecified atom stereocenters. The minimum Gasteiger partial charge on any atom is -0.411 e. The third-order valence-corrected chi connectivity index (χ3v) is 3.48. The topological polar surface area (TPSA) is 77.5 Å². The molecule has 2 aromatic rings. The van der Waals surface area contributed by atoms with Crippen molar-refractivity contribution < 1.29 is 23.9 Å². The van der Waals surface area contributed by atoms with Crippen molar-refractivity contribution in [3.63, 3.8) is 0 Å². The Kier molecular flexibility index (Phi) is 6.56. The quantitative estimate of drug-likeness (QED) is 0.440. The van der Waals surface area contributed by atoms with E-state index in [4.69, 9.17) is 23.2 Å². The second-order valence-corrected chi connectivity index (χ2v) is 5.51. The molecule has 2 aromatic carbocycles. The molecule has 0 aliphatic heterocycles. The Morgan fingerprint density at radius 3 is 1.24 bits per heavy atom. The third-order valence-electron chi connectivity index (χ3n) is 3.05. The van der Waals surface area contributed by atoms with Crippen molar-refractivity contribution in [1.82, 2.24) is 0 Å². The van der Waals surface area contributed by atoms with E-state index >= 15 is 0 Å². The Labute approximate surface area is 154 Å². The number of carbonyl (C=O) groups excluding carboxylic acids is 4. The molecule has 0 fully saturated rings. The summed E-state index contributed by atoms with van der Waals surface area (Å²) in [4.78, 5) is 45.3. The molecule has 0 atom stereocenters. The summed E-state index contributed by atoms with van der Waals surface area (Å²) in [5, 5.41) is -1.22. The standard InChI is InChI=1S/C16H8B2Cl2O5/c19-13(21)9-1-5-11(6-2-9)17-15(23)25-16(24)18-12-7-3-10(4-8-12)14(20)22/h1-8H. The van der Waals surface area contributed by atoms with E-state index in [2.05, 4.69) is 4.74 Å².